The average molecular weight is 453 g/mol. The van der Waals surface area contributed by atoms with Gasteiger partial charge in [0.1, 0.15) is 5.75 Å². The Morgan fingerprint density at radius 2 is 1.67 bits per heavy atom. The number of anilines is 1. The monoisotopic (exact) mass is 452 g/mol. The Morgan fingerprint density at radius 1 is 0.848 bits per heavy atom. The summed E-state index contributed by atoms with van der Waals surface area (Å²) in [6.07, 6.45) is 0. The number of aromatic hydroxyl groups is 1. The van der Waals surface area contributed by atoms with Crippen LogP contribution in [0.3, 0.4) is 0 Å². The smallest absolute Gasteiger partial charge is 0.256 e. The van der Waals surface area contributed by atoms with Crippen molar-refractivity contribution >= 4 is 29.3 Å². The molecular weight excluding hydrogens is 432 g/mol. The number of amides is 2. The second kappa shape index (κ2) is 8.84. The first kappa shape index (κ1) is 20.8. The highest BCUT2D eigenvalue weighted by Crippen LogP contribution is 2.39. The van der Waals surface area contributed by atoms with Gasteiger partial charge in [0, 0.05) is 21.9 Å². The first-order valence-electron chi connectivity index (χ1n) is 10.5. The molecule has 5 nitrogen and oxygen atoms in total. The predicted octanol–water partition coefficient (Wildman–Crippen LogP) is 5.71. The van der Waals surface area contributed by atoms with Gasteiger partial charge >= 0.3 is 0 Å². The molecule has 0 fully saturated rings. The lowest BCUT2D eigenvalue weighted by molar-refractivity contribution is 0.0949. The molecule has 0 bridgehead atoms. The minimum absolute atomic E-state index is 0.179. The van der Waals surface area contributed by atoms with Crippen LogP contribution in [0.4, 0.5) is 5.69 Å². The highest BCUT2D eigenvalue weighted by molar-refractivity contribution is 7.99. The van der Waals surface area contributed by atoms with Crippen molar-refractivity contribution in [2.75, 3.05) is 5.32 Å². The fraction of sp³-hybridized carbons (Fsp3) is 0.0370. The Balaban J connectivity index is 1.27. The van der Waals surface area contributed by atoms with Crippen LogP contribution in [0.15, 0.2) is 101 Å². The van der Waals surface area contributed by atoms with Gasteiger partial charge in [-0.25, -0.2) is 0 Å². The van der Waals surface area contributed by atoms with Gasteiger partial charge in [-0.2, -0.15) is 0 Å². The molecule has 0 aromatic heterocycles. The van der Waals surface area contributed by atoms with Crippen LogP contribution in [0.2, 0.25) is 0 Å². The molecule has 4 aromatic rings. The minimum atomic E-state index is -0.212. The summed E-state index contributed by atoms with van der Waals surface area (Å²) in [4.78, 5) is 27.1. The zero-order chi connectivity index (χ0) is 22.8. The van der Waals surface area contributed by atoms with Gasteiger partial charge in [0.05, 0.1) is 11.3 Å². The first-order valence-corrected chi connectivity index (χ1v) is 11.3. The van der Waals surface area contributed by atoms with Gasteiger partial charge in [-0.1, -0.05) is 60.3 Å². The summed E-state index contributed by atoms with van der Waals surface area (Å²) in [5, 5.41) is 15.5. The number of carbonyl (C=O) groups is 2. The van der Waals surface area contributed by atoms with Crippen LogP contribution in [-0.4, -0.2) is 16.9 Å². The van der Waals surface area contributed by atoms with E-state index in [-0.39, 0.29) is 17.6 Å². The molecule has 33 heavy (non-hydrogen) atoms. The van der Waals surface area contributed by atoms with Crippen molar-refractivity contribution in [3.63, 3.8) is 0 Å². The Bertz CT molecular complexity index is 1370. The minimum Gasteiger partial charge on any atom is -0.508 e. The number of carbonyl (C=O) groups excluding carboxylic acids is 2. The normalized spacial score (nSPS) is 12.2. The molecule has 3 N–H and O–H groups in total. The Hall–Kier alpha value is -4.03. The number of phenolic OH excluding ortho intramolecular Hbond substituents is 1. The molecule has 0 radical (unpaired) electrons. The molecular formula is C27H20N2O3S. The third-order valence-electron chi connectivity index (χ3n) is 5.43. The molecule has 1 heterocycles. The van der Waals surface area contributed by atoms with Crippen molar-refractivity contribution < 1.29 is 14.7 Å². The Kier molecular flexibility index (Phi) is 5.59. The van der Waals surface area contributed by atoms with E-state index in [1.807, 2.05) is 54.6 Å². The topological polar surface area (TPSA) is 78.4 Å². The number of fused-ring (bicyclic) bond motifs is 2. The summed E-state index contributed by atoms with van der Waals surface area (Å²) >= 11 is 1.51. The van der Waals surface area contributed by atoms with Gasteiger partial charge in [-0.05, 0) is 59.2 Å². The van der Waals surface area contributed by atoms with Gasteiger partial charge < -0.3 is 15.7 Å². The van der Waals surface area contributed by atoms with Crippen molar-refractivity contribution in [2.24, 2.45) is 0 Å². The van der Waals surface area contributed by atoms with Crippen LogP contribution in [0.5, 0.6) is 5.75 Å². The quantitative estimate of drug-likeness (QED) is 0.371. The molecule has 6 heteroatoms. The van der Waals surface area contributed by atoms with Crippen molar-refractivity contribution in [3.8, 4) is 16.9 Å². The molecule has 0 spiro atoms. The van der Waals surface area contributed by atoms with Crippen molar-refractivity contribution in [1.82, 2.24) is 5.32 Å². The number of hydrogen-bond acceptors (Lipinski definition) is 4. The second-order valence-corrected chi connectivity index (χ2v) is 8.78. The molecule has 162 valence electrons. The largest absolute Gasteiger partial charge is 0.508 e. The van der Waals surface area contributed by atoms with Crippen molar-refractivity contribution in [3.05, 3.63) is 108 Å². The summed E-state index contributed by atoms with van der Waals surface area (Å²) in [6.45, 7) is 0.378. The molecule has 0 saturated heterocycles. The molecule has 0 aliphatic carbocycles. The molecule has 5 rings (SSSR count). The SMILES string of the molecule is O=C(NCc1ccc(-c2cccc(O)c2)cc1)c1ccc2c(c1)NC(=O)c1ccccc1S2. The highest BCUT2D eigenvalue weighted by atomic mass is 32.2. The van der Waals surface area contributed by atoms with Crippen molar-refractivity contribution in [1.29, 1.82) is 0 Å². The number of phenols is 1. The summed E-state index contributed by atoms with van der Waals surface area (Å²) in [7, 11) is 0. The van der Waals surface area contributed by atoms with E-state index in [9.17, 15) is 14.7 Å². The fourth-order valence-electron chi connectivity index (χ4n) is 3.69. The third-order valence-corrected chi connectivity index (χ3v) is 6.58. The summed E-state index contributed by atoms with van der Waals surface area (Å²) in [6, 6.07) is 27.7. The lowest BCUT2D eigenvalue weighted by Gasteiger charge is -2.10. The van der Waals surface area contributed by atoms with E-state index >= 15 is 0 Å². The zero-order valence-electron chi connectivity index (χ0n) is 17.5. The lowest BCUT2D eigenvalue weighted by Crippen LogP contribution is -2.23. The van der Waals surface area contributed by atoms with Gasteiger partial charge in [0.2, 0.25) is 0 Å². The average Bonchev–Trinajstić information content (AvgIpc) is 2.98. The van der Waals surface area contributed by atoms with E-state index < -0.39 is 0 Å². The number of benzene rings is 4. The fourth-order valence-corrected chi connectivity index (χ4v) is 4.70. The maximum atomic E-state index is 12.8. The third kappa shape index (κ3) is 4.47. The van der Waals surface area contributed by atoms with Crippen LogP contribution in [0.1, 0.15) is 26.3 Å². The van der Waals surface area contributed by atoms with Gasteiger partial charge in [0.25, 0.3) is 11.8 Å². The molecule has 2 amide bonds. The summed E-state index contributed by atoms with van der Waals surface area (Å²) < 4.78 is 0. The van der Waals surface area contributed by atoms with E-state index in [0.717, 1.165) is 26.5 Å². The standard InChI is InChI=1S/C27H20N2O3S/c30-21-5-3-4-19(14-21)18-10-8-17(9-11-18)16-28-26(31)20-12-13-25-23(15-20)29-27(32)22-6-1-2-7-24(22)33-25/h1-15,30H,16H2,(H,28,31)(H,29,32). The summed E-state index contributed by atoms with van der Waals surface area (Å²) in [5.41, 5.74) is 4.61. The Morgan fingerprint density at radius 3 is 2.48 bits per heavy atom. The molecule has 0 atom stereocenters. The maximum absolute atomic E-state index is 12.8. The van der Waals surface area contributed by atoms with Crippen LogP contribution in [0, 0.1) is 0 Å². The van der Waals surface area contributed by atoms with Crippen LogP contribution < -0.4 is 10.6 Å². The van der Waals surface area contributed by atoms with Crippen LogP contribution in [-0.2, 0) is 6.54 Å². The molecule has 0 saturated carbocycles. The van der Waals surface area contributed by atoms with E-state index in [2.05, 4.69) is 10.6 Å². The van der Waals surface area contributed by atoms with Crippen LogP contribution >= 0.6 is 11.8 Å². The molecule has 1 aliphatic rings. The molecule has 1 aliphatic heterocycles. The van der Waals surface area contributed by atoms with Crippen molar-refractivity contribution in [2.45, 2.75) is 16.3 Å². The number of hydrogen-bond donors (Lipinski definition) is 3. The van der Waals surface area contributed by atoms with Gasteiger partial charge in [-0.3, -0.25) is 9.59 Å². The van der Waals surface area contributed by atoms with Gasteiger partial charge in [-0.15, -0.1) is 0 Å². The Labute approximate surface area is 195 Å². The second-order valence-electron chi connectivity index (χ2n) is 7.69. The molecule has 4 aromatic carbocycles. The van der Waals surface area contributed by atoms with Crippen LogP contribution in [0.25, 0.3) is 11.1 Å². The highest BCUT2D eigenvalue weighted by Gasteiger charge is 2.20. The summed E-state index contributed by atoms with van der Waals surface area (Å²) in [5.74, 6) is -0.167. The first-order chi connectivity index (χ1) is 16.1. The van der Waals surface area contributed by atoms with E-state index in [0.29, 0.717) is 23.4 Å². The molecule has 0 unspecified atom stereocenters. The predicted molar refractivity (Wildman–Crippen MR) is 130 cm³/mol. The van der Waals surface area contributed by atoms with E-state index in [1.54, 1.807) is 36.4 Å². The lowest BCUT2D eigenvalue weighted by atomic mass is 10.0. The maximum Gasteiger partial charge on any atom is 0.256 e. The number of nitrogens with one attached hydrogen (secondary N) is 2. The number of rotatable bonds is 4. The van der Waals surface area contributed by atoms with E-state index in [4.69, 9.17) is 0 Å². The van der Waals surface area contributed by atoms with E-state index in [1.165, 1.54) is 11.8 Å². The zero-order valence-corrected chi connectivity index (χ0v) is 18.4. The van der Waals surface area contributed by atoms with Gasteiger partial charge in [0.15, 0.2) is 0 Å².